The molecule has 0 aliphatic rings. The van der Waals surface area contributed by atoms with Gasteiger partial charge in [-0.25, -0.2) is 9.78 Å². The molecule has 0 bridgehead atoms. The molecule has 0 aliphatic carbocycles. The smallest absolute Gasteiger partial charge is 0.360 e. The molecule has 1 amide bonds. The predicted octanol–water partition coefficient (Wildman–Crippen LogP) is 1.51. The highest BCUT2D eigenvalue weighted by atomic mass is 16.5. The molecule has 3 rings (SSSR count). The summed E-state index contributed by atoms with van der Waals surface area (Å²) >= 11 is 0. The Labute approximate surface area is 136 Å². The van der Waals surface area contributed by atoms with Crippen molar-refractivity contribution in [2.45, 2.75) is 0 Å². The fraction of sp³-hybridized carbons (Fsp3) is 0.133. The van der Waals surface area contributed by atoms with Gasteiger partial charge in [-0.2, -0.15) is 5.10 Å². The molecule has 0 atom stereocenters. The van der Waals surface area contributed by atoms with E-state index >= 15 is 0 Å². The second-order valence-electron chi connectivity index (χ2n) is 4.78. The fourth-order valence-electron chi connectivity index (χ4n) is 2.02. The fourth-order valence-corrected chi connectivity index (χ4v) is 2.02. The predicted molar refractivity (Wildman–Crippen MR) is 82.2 cm³/mol. The maximum absolute atomic E-state index is 12.3. The number of aromatic nitrogens is 4. The lowest BCUT2D eigenvalue weighted by Gasteiger charge is -2.01. The topological polar surface area (TPSA) is 112 Å². The lowest BCUT2D eigenvalue weighted by Crippen LogP contribution is -2.15. The molecule has 0 saturated carbocycles. The SMILES string of the molecule is COC(=O)c1nn(C)cc1NC(=O)c1coc(-c2ccncc2)n1. The lowest BCUT2D eigenvalue weighted by molar-refractivity contribution is 0.0594. The van der Waals surface area contributed by atoms with Crippen molar-refractivity contribution in [2.24, 2.45) is 7.05 Å². The molecule has 3 heterocycles. The summed E-state index contributed by atoms with van der Waals surface area (Å²) in [7, 11) is 2.86. The van der Waals surface area contributed by atoms with E-state index in [0.29, 0.717) is 11.5 Å². The first-order valence-electron chi connectivity index (χ1n) is 6.87. The van der Waals surface area contributed by atoms with Crippen LogP contribution in [-0.4, -0.2) is 38.7 Å². The van der Waals surface area contributed by atoms with Gasteiger partial charge in [0.05, 0.1) is 12.8 Å². The Bertz CT molecular complexity index is 884. The number of amides is 1. The Morgan fingerprint density at radius 3 is 2.75 bits per heavy atom. The van der Waals surface area contributed by atoms with Crippen molar-refractivity contribution in [1.82, 2.24) is 19.7 Å². The first-order chi connectivity index (χ1) is 11.6. The number of hydrogen-bond donors (Lipinski definition) is 1. The lowest BCUT2D eigenvalue weighted by atomic mass is 10.3. The van der Waals surface area contributed by atoms with E-state index in [4.69, 9.17) is 4.42 Å². The van der Waals surface area contributed by atoms with Gasteiger partial charge in [0.25, 0.3) is 5.91 Å². The molecule has 0 radical (unpaired) electrons. The van der Waals surface area contributed by atoms with E-state index in [1.807, 2.05) is 0 Å². The largest absolute Gasteiger partial charge is 0.464 e. The average Bonchev–Trinajstić information content (AvgIpc) is 3.22. The van der Waals surface area contributed by atoms with Gasteiger partial charge in [-0.05, 0) is 12.1 Å². The number of nitrogens with one attached hydrogen (secondary N) is 1. The zero-order chi connectivity index (χ0) is 17.1. The summed E-state index contributed by atoms with van der Waals surface area (Å²) in [6, 6.07) is 3.42. The number of anilines is 1. The number of pyridine rings is 1. The average molecular weight is 327 g/mol. The van der Waals surface area contributed by atoms with Crippen molar-refractivity contribution in [3.05, 3.63) is 48.4 Å². The van der Waals surface area contributed by atoms with Crippen molar-refractivity contribution in [3.8, 4) is 11.5 Å². The molecule has 3 aromatic rings. The molecule has 0 fully saturated rings. The Kier molecular flexibility index (Phi) is 4.06. The standard InChI is InChI=1S/C15H13N5O4/c1-20-7-10(12(19-20)15(22)23-2)17-13(21)11-8-24-14(18-11)9-3-5-16-6-4-9/h3-8H,1-2H3,(H,17,21). The Hall–Kier alpha value is -3.49. The molecule has 0 aliphatic heterocycles. The van der Waals surface area contributed by atoms with Crippen LogP contribution in [0.25, 0.3) is 11.5 Å². The number of oxazole rings is 1. The van der Waals surface area contributed by atoms with Crippen LogP contribution in [0.5, 0.6) is 0 Å². The van der Waals surface area contributed by atoms with Gasteiger partial charge in [-0.15, -0.1) is 0 Å². The minimum absolute atomic E-state index is 0.00574. The van der Waals surface area contributed by atoms with Crippen LogP contribution < -0.4 is 5.32 Å². The van der Waals surface area contributed by atoms with Crippen LogP contribution in [-0.2, 0) is 11.8 Å². The Balaban J connectivity index is 1.82. The molecule has 24 heavy (non-hydrogen) atoms. The first-order valence-corrected chi connectivity index (χ1v) is 6.87. The molecule has 0 spiro atoms. The molecular weight excluding hydrogens is 314 g/mol. The van der Waals surface area contributed by atoms with E-state index in [1.54, 1.807) is 31.6 Å². The zero-order valence-corrected chi connectivity index (χ0v) is 12.9. The number of esters is 1. The second-order valence-corrected chi connectivity index (χ2v) is 4.78. The van der Waals surface area contributed by atoms with Gasteiger partial charge in [0.15, 0.2) is 11.4 Å². The van der Waals surface area contributed by atoms with E-state index in [9.17, 15) is 9.59 Å². The molecule has 1 N–H and O–H groups in total. The Morgan fingerprint density at radius 2 is 2.04 bits per heavy atom. The van der Waals surface area contributed by atoms with Crippen molar-refractivity contribution in [3.63, 3.8) is 0 Å². The summed E-state index contributed by atoms with van der Waals surface area (Å²) in [6.45, 7) is 0. The van der Waals surface area contributed by atoms with E-state index in [-0.39, 0.29) is 17.1 Å². The highest BCUT2D eigenvalue weighted by molar-refractivity contribution is 6.06. The van der Waals surface area contributed by atoms with Crippen LogP contribution in [0.1, 0.15) is 21.0 Å². The molecule has 122 valence electrons. The molecule has 0 unspecified atom stereocenters. The maximum Gasteiger partial charge on any atom is 0.360 e. The number of carbonyl (C=O) groups excluding carboxylic acids is 2. The first kappa shape index (κ1) is 15.4. The van der Waals surface area contributed by atoms with Crippen molar-refractivity contribution in [1.29, 1.82) is 0 Å². The number of carbonyl (C=O) groups is 2. The monoisotopic (exact) mass is 327 g/mol. The molecular formula is C15H13N5O4. The molecule has 9 nitrogen and oxygen atoms in total. The third-order valence-corrected chi connectivity index (χ3v) is 3.12. The summed E-state index contributed by atoms with van der Waals surface area (Å²) in [5.74, 6) is -0.886. The summed E-state index contributed by atoms with van der Waals surface area (Å²) in [6.07, 6.45) is 5.92. The van der Waals surface area contributed by atoms with Gasteiger partial charge < -0.3 is 14.5 Å². The van der Waals surface area contributed by atoms with Gasteiger partial charge >= 0.3 is 5.97 Å². The van der Waals surface area contributed by atoms with Crippen LogP contribution in [0.15, 0.2) is 41.4 Å². The van der Waals surface area contributed by atoms with E-state index in [1.165, 1.54) is 24.3 Å². The summed E-state index contributed by atoms with van der Waals surface area (Å²) in [5, 5.41) is 6.53. The van der Waals surface area contributed by atoms with Crippen LogP contribution >= 0.6 is 0 Å². The van der Waals surface area contributed by atoms with Crippen molar-refractivity contribution >= 4 is 17.6 Å². The number of nitrogens with zero attached hydrogens (tertiary/aromatic N) is 4. The highest BCUT2D eigenvalue weighted by Crippen LogP contribution is 2.19. The summed E-state index contributed by atoms with van der Waals surface area (Å²) in [5.41, 5.74) is 0.996. The van der Waals surface area contributed by atoms with Crippen LogP contribution in [0.2, 0.25) is 0 Å². The number of rotatable bonds is 4. The summed E-state index contributed by atoms with van der Waals surface area (Å²) < 4.78 is 11.3. The van der Waals surface area contributed by atoms with Gasteiger partial charge in [0, 0.05) is 31.2 Å². The van der Waals surface area contributed by atoms with Gasteiger partial charge in [0.1, 0.15) is 6.26 Å². The molecule has 3 aromatic heterocycles. The minimum Gasteiger partial charge on any atom is -0.464 e. The van der Waals surface area contributed by atoms with E-state index in [2.05, 4.69) is 25.1 Å². The van der Waals surface area contributed by atoms with Gasteiger partial charge in [-0.1, -0.05) is 0 Å². The quantitative estimate of drug-likeness (QED) is 0.723. The number of ether oxygens (including phenoxy) is 1. The number of hydrogen-bond acceptors (Lipinski definition) is 7. The third kappa shape index (κ3) is 3.00. The van der Waals surface area contributed by atoms with Crippen molar-refractivity contribution < 1.29 is 18.7 Å². The minimum atomic E-state index is -0.650. The normalized spacial score (nSPS) is 10.4. The molecule has 0 saturated heterocycles. The molecule has 9 heteroatoms. The van der Waals surface area contributed by atoms with Crippen LogP contribution in [0, 0.1) is 0 Å². The summed E-state index contributed by atoms with van der Waals surface area (Å²) in [4.78, 5) is 32.0. The third-order valence-electron chi connectivity index (χ3n) is 3.12. The van der Waals surface area contributed by atoms with Crippen LogP contribution in [0.4, 0.5) is 5.69 Å². The van der Waals surface area contributed by atoms with E-state index in [0.717, 1.165) is 0 Å². The highest BCUT2D eigenvalue weighted by Gasteiger charge is 2.20. The number of methoxy groups -OCH3 is 1. The zero-order valence-electron chi connectivity index (χ0n) is 12.9. The van der Waals surface area contributed by atoms with Gasteiger partial charge in [0.2, 0.25) is 5.89 Å². The van der Waals surface area contributed by atoms with Gasteiger partial charge in [-0.3, -0.25) is 14.5 Å². The maximum atomic E-state index is 12.3. The van der Waals surface area contributed by atoms with Crippen molar-refractivity contribution in [2.75, 3.05) is 12.4 Å². The van der Waals surface area contributed by atoms with Crippen LogP contribution in [0.3, 0.4) is 0 Å². The Morgan fingerprint density at radius 1 is 1.29 bits per heavy atom. The second kappa shape index (κ2) is 6.32. The molecule has 0 aromatic carbocycles. The van der Waals surface area contributed by atoms with E-state index < -0.39 is 11.9 Å². The number of aryl methyl sites for hydroxylation is 1.